The second-order valence-corrected chi connectivity index (χ2v) is 7.52. The number of aromatic amines is 1. The number of nitrogen functional groups attached to an aromatic ring is 1. The first kappa shape index (κ1) is 14.6. The molecular weight excluding hydrogens is 418 g/mol. The highest BCUT2D eigenvalue weighted by Crippen LogP contribution is 2.44. The van der Waals surface area contributed by atoms with E-state index in [2.05, 4.69) is 42.1 Å². The number of aromatic nitrogens is 2. The Labute approximate surface area is 142 Å². The Morgan fingerprint density at radius 1 is 1.29 bits per heavy atom. The van der Waals surface area contributed by atoms with Crippen LogP contribution in [0, 0.1) is 0 Å². The summed E-state index contributed by atoms with van der Waals surface area (Å²) >= 11 is 8.62. The lowest BCUT2D eigenvalue weighted by molar-refractivity contribution is 0.416. The molecule has 3 N–H and O–H groups in total. The van der Waals surface area contributed by atoms with Crippen LogP contribution in [0.4, 0.5) is 5.82 Å². The number of nitrogens with two attached hydrogens (primary N) is 1. The number of anilines is 1. The van der Waals surface area contributed by atoms with Gasteiger partial charge in [-0.15, -0.1) is 11.3 Å². The fourth-order valence-electron chi connectivity index (χ4n) is 2.13. The van der Waals surface area contributed by atoms with Crippen molar-refractivity contribution in [3.8, 4) is 27.4 Å². The van der Waals surface area contributed by atoms with Gasteiger partial charge in [-0.2, -0.15) is 5.10 Å². The average molecular weight is 429 g/mol. The lowest BCUT2D eigenvalue weighted by Crippen LogP contribution is -1.92. The predicted octanol–water partition coefficient (Wildman–Crippen LogP) is 4.92. The number of H-pyrrole nitrogens is 1. The van der Waals surface area contributed by atoms with Gasteiger partial charge in [0.05, 0.1) is 27.0 Å². The average Bonchev–Trinajstić information content (AvgIpc) is 3.02. The molecule has 0 amide bonds. The minimum Gasteiger partial charge on any atom is -0.496 e. The number of ether oxygens (including phenoxy) is 1. The number of halogens is 2. The number of methoxy groups -OCH3 is 1. The maximum atomic E-state index is 6.06. The van der Waals surface area contributed by atoms with Crippen LogP contribution in [-0.2, 0) is 0 Å². The number of hydrogen-bond donors (Lipinski definition) is 2. The van der Waals surface area contributed by atoms with E-state index in [0.29, 0.717) is 5.82 Å². The first-order chi connectivity index (χ1) is 10.1. The Kier molecular flexibility index (Phi) is 4.05. The molecule has 108 valence electrons. The number of nitrogens with one attached hydrogen (secondary N) is 1. The predicted molar refractivity (Wildman–Crippen MR) is 93.7 cm³/mol. The van der Waals surface area contributed by atoms with E-state index < -0.39 is 0 Å². The highest BCUT2D eigenvalue weighted by Gasteiger charge is 2.20. The number of thiophene rings is 1. The smallest absolute Gasteiger partial charge is 0.153 e. The van der Waals surface area contributed by atoms with Gasteiger partial charge in [-0.3, -0.25) is 5.10 Å². The summed E-state index contributed by atoms with van der Waals surface area (Å²) in [6, 6.07) is 9.79. The zero-order chi connectivity index (χ0) is 15.0. The Bertz CT molecular complexity index is 778. The van der Waals surface area contributed by atoms with Gasteiger partial charge >= 0.3 is 0 Å². The number of benzene rings is 1. The summed E-state index contributed by atoms with van der Waals surface area (Å²) in [4.78, 5) is 1.04. The molecule has 0 bridgehead atoms. The monoisotopic (exact) mass is 427 g/mol. The highest BCUT2D eigenvalue weighted by atomic mass is 79.9. The van der Waals surface area contributed by atoms with E-state index in [-0.39, 0.29) is 0 Å². The number of hydrogen-bond acceptors (Lipinski definition) is 4. The van der Waals surface area contributed by atoms with Crippen LogP contribution in [0.1, 0.15) is 0 Å². The summed E-state index contributed by atoms with van der Waals surface area (Å²) in [6.45, 7) is 0. The van der Waals surface area contributed by atoms with Gasteiger partial charge < -0.3 is 10.5 Å². The molecule has 0 unspecified atom stereocenters. The number of para-hydroxylation sites is 1. The summed E-state index contributed by atoms with van der Waals surface area (Å²) in [5, 5.41) is 7.18. The van der Waals surface area contributed by atoms with Crippen LogP contribution in [0.3, 0.4) is 0 Å². The molecule has 0 saturated carbocycles. The largest absolute Gasteiger partial charge is 0.496 e. The summed E-state index contributed by atoms with van der Waals surface area (Å²) in [7, 11) is 1.65. The van der Waals surface area contributed by atoms with Gasteiger partial charge in [0, 0.05) is 10.0 Å². The van der Waals surface area contributed by atoms with Gasteiger partial charge in [-0.1, -0.05) is 18.2 Å². The van der Waals surface area contributed by atoms with Crippen molar-refractivity contribution in [1.82, 2.24) is 10.2 Å². The molecule has 0 aliphatic carbocycles. The van der Waals surface area contributed by atoms with Crippen LogP contribution in [0.2, 0.25) is 0 Å². The van der Waals surface area contributed by atoms with Crippen LogP contribution in [0.25, 0.3) is 21.7 Å². The molecule has 3 aromatic rings. The molecular formula is C14H11Br2N3OS. The van der Waals surface area contributed by atoms with Gasteiger partial charge in [0.25, 0.3) is 0 Å². The van der Waals surface area contributed by atoms with Crippen LogP contribution in [0.15, 0.2) is 38.6 Å². The van der Waals surface area contributed by atoms with Crippen LogP contribution >= 0.6 is 43.2 Å². The first-order valence-electron chi connectivity index (χ1n) is 6.04. The minimum absolute atomic E-state index is 0.454. The SMILES string of the molecule is COc1ccccc1-c1c(N)n[nH]c1-c1cc(Br)c(Br)s1. The Balaban J connectivity index is 2.22. The maximum absolute atomic E-state index is 6.06. The molecule has 0 aliphatic rings. The molecule has 0 fully saturated rings. The lowest BCUT2D eigenvalue weighted by atomic mass is 10.0. The van der Waals surface area contributed by atoms with E-state index >= 15 is 0 Å². The fraction of sp³-hybridized carbons (Fsp3) is 0.0714. The Hall–Kier alpha value is -1.31. The zero-order valence-corrected chi connectivity index (χ0v) is 15.0. The van der Waals surface area contributed by atoms with E-state index in [0.717, 1.165) is 35.7 Å². The van der Waals surface area contributed by atoms with Crippen molar-refractivity contribution < 1.29 is 4.74 Å². The molecule has 4 nitrogen and oxygen atoms in total. The Morgan fingerprint density at radius 3 is 2.71 bits per heavy atom. The number of nitrogens with zero attached hydrogens (tertiary/aromatic N) is 1. The van der Waals surface area contributed by atoms with Crippen molar-refractivity contribution in [3.05, 3.63) is 38.6 Å². The quantitative estimate of drug-likeness (QED) is 0.622. The third kappa shape index (κ3) is 2.61. The van der Waals surface area contributed by atoms with Crippen LogP contribution < -0.4 is 10.5 Å². The third-order valence-electron chi connectivity index (χ3n) is 3.06. The molecule has 0 saturated heterocycles. The minimum atomic E-state index is 0.454. The molecule has 0 radical (unpaired) electrons. The Morgan fingerprint density at radius 2 is 2.05 bits per heavy atom. The topological polar surface area (TPSA) is 63.9 Å². The van der Waals surface area contributed by atoms with E-state index in [1.807, 2.05) is 30.3 Å². The van der Waals surface area contributed by atoms with Crippen molar-refractivity contribution in [3.63, 3.8) is 0 Å². The summed E-state index contributed by atoms with van der Waals surface area (Å²) in [5.41, 5.74) is 8.72. The van der Waals surface area contributed by atoms with Crippen LogP contribution in [0.5, 0.6) is 5.75 Å². The van der Waals surface area contributed by atoms with Crippen LogP contribution in [-0.4, -0.2) is 17.3 Å². The summed E-state index contributed by atoms with van der Waals surface area (Å²) < 4.78 is 7.46. The van der Waals surface area contributed by atoms with Gasteiger partial charge in [-0.25, -0.2) is 0 Å². The number of rotatable bonds is 3. The van der Waals surface area contributed by atoms with Crippen molar-refractivity contribution in [1.29, 1.82) is 0 Å². The molecule has 1 aromatic carbocycles. The standard InChI is InChI=1S/C14H11Br2N3OS/c1-20-9-5-3-2-4-7(9)11-12(18-19-14(11)17)10-6-8(15)13(16)21-10/h2-6H,1H3,(H3,17,18,19). The van der Waals surface area contributed by atoms with Crippen molar-refractivity contribution in [2.45, 2.75) is 0 Å². The van der Waals surface area contributed by atoms with E-state index in [1.54, 1.807) is 18.4 Å². The molecule has 2 heterocycles. The van der Waals surface area contributed by atoms with Gasteiger partial charge in [0.1, 0.15) is 5.75 Å². The van der Waals surface area contributed by atoms with Gasteiger partial charge in [-0.05, 0) is 44.0 Å². The molecule has 0 spiro atoms. The molecule has 0 atom stereocenters. The molecule has 7 heteroatoms. The second-order valence-electron chi connectivity index (χ2n) is 4.29. The van der Waals surface area contributed by atoms with E-state index in [4.69, 9.17) is 10.5 Å². The van der Waals surface area contributed by atoms with Gasteiger partial charge in [0.2, 0.25) is 0 Å². The van der Waals surface area contributed by atoms with Gasteiger partial charge in [0.15, 0.2) is 5.82 Å². The third-order valence-corrected chi connectivity index (χ3v) is 6.34. The second kappa shape index (κ2) is 5.82. The van der Waals surface area contributed by atoms with Crippen molar-refractivity contribution >= 4 is 49.0 Å². The molecule has 2 aromatic heterocycles. The maximum Gasteiger partial charge on any atom is 0.153 e. The summed E-state index contributed by atoms with van der Waals surface area (Å²) in [6.07, 6.45) is 0. The summed E-state index contributed by atoms with van der Waals surface area (Å²) in [5.74, 6) is 1.22. The normalized spacial score (nSPS) is 10.8. The molecule has 0 aliphatic heterocycles. The first-order valence-corrected chi connectivity index (χ1v) is 8.44. The van der Waals surface area contributed by atoms with E-state index in [1.165, 1.54) is 0 Å². The van der Waals surface area contributed by atoms with Crippen molar-refractivity contribution in [2.75, 3.05) is 12.8 Å². The fourth-order valence-corrected chi connectivity index (χ4v) is 4.16. The molecule has 3 rings (SSSR count). The lowest BCUT2D eigenvalue weighted by Gasteiger charge is -2.08. The molecule has 21 heavy (non-hydrogen) atoms. The highest BCUT2D eigenvalue weighted by molar-refractivity contribution is 9.13. The van der Waals surface area contributed by atoms with E-state index in [9.17, 15) is 0 Å². The van der Waals surface area contributed by atoms with Crippen molar-refractivity contribution in [2.24, 2.45) is 0 Å². The zero-order valence-electron chi connectivity index (χ0n) is 11.0.